The SMILES string of the molecule is CC1C(=O)N(c2cccc(C(F)(F)F)c2)CCN1C(=O)C1CCC1. The van der Waals surface area contributed by atoms with Gasteiger partial charge >= 0.3 is 6.18 Å². The van der Waals surface area contributed by atoms with Gasteiger partial charge in [-0.1, -0.05) is 12.5 Å². The highest BCUT2D eigenvalue weighted by Crippen LogP contribution is 2.33. The summed E-state index contributed by atoms with van der Waals surface area (Å²) in [6.45, 7) is 2.19. The number of anilines is 1. The number of carbonyl (C=O) groups is 2. The van der Waals surface area contributed by atoms with Gasteiger partial charge in [0.2, 0.25) is 11.8 Å². The molecule has 7 heteroatoms. The van der Waals surface area contributed by atoms with Crippen molar-refractivity contribution in [1.29, 1.82) is 0 Å². The number of benzene rings is 1. The third-order valence-electron chi connectivity index (χ3n) is 4.88. The minimum atomic E-state index is -4.45. The highest BCUT2D eigenvalue weighted by molar-refractivity contribution is 6.00. The van der Waals surface area contributed by atoms with Crippen LogP contribution in [-0.2, 0) is 15.8 Å². The van der Waals surface area contributed by atoms with Crippen LogP contribution >= 0.6 is 0 Å². The van der Waals surface area contributed by atoms with E-state index in [9.17, 15) is 22.8 Å². The molecule has 1 aliphatic heterocycles. The number of piperazine rings is 1. The number of hydrogen-bond donors (Lipinski definition) is 0. The smallest absolute Gasteiger partial charge is 0.329 e. The van der Waals surface area contributed by atoms with Crippen LogP contribution in [0.2, 0.25) is 0 Å². The molecule has 24 heavy (non-hydrogen) atoms. The molecule has 2 amide bonds. The Bertz CT molecular complexity index is 655. The molecule has 1 unspecified atom stereocenters. The number of nitrogens with zero attached hydrogens (tertiary/aromatic N) is 2. The van der Waals surface area contributed by atoms with Crippen molar-refractivity contribution in [3.8, 4) is 0 Å². The Morgan fingerprint density at radius 3 is 2.50 bits per heavy atom. The first-order valence-corrected chi connectivity index (χ1v) is 8.08. The molecule has 1 saturated heterocycles. The highest BCUT2D eigenvalue weighted by atomic mass is 19.4. The van der Waals surface area contributed by atoms with E-state index in [-0.39, 0.29) is 30.0 Å². The summed E-state index contributed by atoms with van der Waals surface area (Å²) in [7, 11) is 0. The lowest BCUT2D eigenvalue weighted by molar-refractivity contribution is -0.146. The summed E-state index contributed by atoms with van der Waals surface area (Å²) in [6, 6.07) is 4.09. The van der Waals surface area contributed by atoms with Crippen molar-refractivity contribution >= 4 is 17.5 Å². The second-order valence-corrected chi connectivity index (χ2v) is 6.37. The lowest BCUT2D eigenvalue weighted by Gasteiger charge is -2.41. The van der Waals surface area contributed by atoms with Crippen LogP contribution in [-0.4, -0.2) is 35.8 Å². The summed E-state index contributed by atoms with van der Waals surface area (Å²) in [6.07, 6.45) is -1.71. The van der Waals surface area contributed by atoms with E-state index in [4.69, 9.17) is 0 Å². The molecule has 1 heterocycles. The number of halogens is 3. The van der Waals surface area contributed by atoms with E-state index in [1.807, 2.05) is 0 Å². The van der Waals surface area contributed by atoms with Crippen molar-refractivity contribution in [3.05, 3.63) is 29.8 Å². The molecular weight excluding hydrogens is 321 g/mol. The number of carbonyl (C=O) groups excluding carboxylic acids is 2. The molecule has 0 spiro atoms. The van der Waals surface area contributed by atoms with E-state index >= 15 is 0 Å². The van der Waals surface area contributed by atoms with Gasteiger partial charge in [0.15, 0.2) is 0 Å². The quantitative estimate of drug-likeness (QED) is 0.830. The van der Waals surface area contributed by atoms with Crippen LogP contribution < -0.4 is 4.90 Å². The largest absolute Gasteiger partial charge is 0.416 e. The first kappa shape index (κ1) is 16.8. The average Bonchev–Trinajstić information content (AvgIpc) is 2.47. The van der Waals surface area contributed by atoms with Crippen molar-refractivity contribution in [1.82, 2.24) is 4.90 Å². The van der Waals surface area contributed by atoms with E-state index < -0.39 is 17.8 Å². The van der Waals surface area contributed by atoms with Gasteiger partial charge in [-0.15, -0.1) is 0 Å². The molecule has 1 atom stereocenters. The molecular formula is C17H19F3N2O2. The van der Waals surface area contributed by atoms with Crippen LogP contribution in [0.5, 0.6) is 0 Å². The third kappa shape index (κ3) is 2.99. The first-order chi connectivity index (χ1) is 11.3. The fraction of sp³-hybridized carbons (Fsp3) is 0.529. The second kappa shape index (κ2) is 6.11. The van der Waals surface area contributed by atoms with Gasteiger partial charge in [-0.25, -0.2) is 0 Å². The zero-order valence-corrected chi connectivity index (χ0v) is 13.3. The van der Waals surface area contributed by atoms with Crippen LogP contribution in [0, 0.1) is 5.92 Å². The maximum Gasteiger partial charge on any atom is 0.416 e. The predicted octanol–water partition coefficient (Wildman–Crippen LogP) is 3.07. The monoisotopic (exact) mass is 340 g/mol. The summed E-state index contributed by atoms with van der Waals surface area (Å²) in [5.74, 6) is -0.348. The summed E-state index contributed by atoms with van der Waals surface area (Å²) < 4.78 is 38.6. The lowest BCUT2D eigenvalue weighted by atomic mass is 9.84. The van der Waals surface area contributed by atoms with Gasteiger partial charge in [0, 0.05) is 24.7 Å². The Morgan fingerprint density at radius 1 is 1.21 bits per heavy atom. The van der Waals surface area contributed by atoms with Gasteiger partial charge in [0.25, 0.3) is 0 Å². The standard InChI is InChI=1S/C17H19F3N2O2/c1-11-15(23)22(9-8-21(11)16(24)12-4-2-5-12)14-7-3-6-13(10-14)17(18,19)20/h3,6-7,10-12H,2,4-5,8-9H2,1H3. The van der Waals surface area contributed by atoms with E-state index in [0.717, 1.165) is 31.4 Å². The highest BCUT2D eigenvalue weighted by Gasteiger charge is 2.39. The number of rotatable bonds is 2. The topological polar surface area (TPSA) is 40.6 Å². The van der Waals surface area contributed by atoms with Gasteiger partial charge in [-0.3, -0.25) is 9.59 Å². The molecule has 0 aromatic heterocycles. The Morgan fingerprint density at radius 2 is 1.92 bits per heavy atom. The molecule has 130 valence electrons. The van der Waals surface area contributed by atoms with Crippen molar-refractivity contribution in [3.63, 3.8) is 0 Å². The molecule has 1 aromatic rings. The summed E-state index contributed by atoms with van der Waals surface area (Å²) >= 11 is 0. The van der Waals surface area contributed by atoms with E-state index in [1.165, 1.54) is 17.0 Å². The van der Waals surface area contributed by atoms with Crippen molar-refractivity contribution in [2.75, 3.05) is 18.0 Å². The summed E-state index contributed by atoms with van der Waals surface area (Å²) in [4.78, 5) is 27.9. The zero-order chi connectivity index (χ0) is 17.5. The molecule has 2 fully saturated rings. The molecule has 3 rings (SSSR count). The number of alkyl halides is 3. The fourth-order valence-corrected chi connectivity index (χ4v) is 3.17. The van der Waals surface area contributed by atoms with Gasteiger partial charge in [-0.05, 0) is 38.0 Å². The Labute approximate surface area is 138 Å². The molecule has 1 aliphatic carbocycles. The van der Waals surface area contributed by atoms with Crippen LogP contribution in [0.4, 0.5) is 18.9 Å². The van der Waals surface area contributed by atoms with Gasteiger partial charge in [-0.2, -0.15) is 13.2 Å². The maximum absolute atomic E-state index is 12.9. The van der Waals surface area contributed by atoms with E-state index in [2.05, 4.69) is 0 Å². The zero-order valence-electron chi connectivity index (χ0n) is 13.3. The Balaban J connectivity index is 1.77. The Kier molecular flexibility index (Phi) is 4.27. The van der Waals surface area contributed by atoms with E-state index in [0.29, 0.717) is 6.54 Å². The van der Waals surface area contributed by atoms with Gasteiger partial charge < -0.3 is 9.80 Å². The lowest BCUT2D eigenvalue weighted by Crippen LogP contribution is -2.59. The molecule has 0 bridgehead atoms. The first-order valence-electron chi connectivity index (χ1n) is 8.08. The van der Waals surface area contributed by atoms with Crippen molar-refractivity contribution in [2.24, 2.45) is 5.92 Å². The average molecular weight is 340 g/mol. The maximum atomic E-state index is 12.9. The van der Waals surface area contributed by atoms with Crippen LogP contribution in [0.25, 0.3) is 0 Å². The summed E-state index contributed by atoms with van der Waals surface area (Å²) in [5.41, 5.74) is -0.564. The minimum absolute atomic E-state index is 0.000331. The molecule has 1 saturated carbocycles. The molecule has 4 nitrogen and oxygen atoms in total. The number of amides is 2. The normalized spacial score (nSPS) is 22.5. The molecule has 0 radical (unpaired) electrons. The van der Waals surface area contributed by atoms with Crippen molar-refractivity contribution < 1.29 is 22.8 Å². The molecule has 2 aliphatic rings. The fourth-order valence-electron chi connectivity index (χ4n) is 3.17. The number of hydrogen-bond acceptors (Lipinski definition) is 2. The van der Waals surface area contributed by atoms with Crippen LogP contribution in [0.3, 0.4) is 0 Å². The second-order valence-electron chi connectivity index (χ2n) is 6.37. The van der Waals surface area contributed by atoms with Crippen LogP contribution in [0.15, 0.2) is 24.3 Å². The predicted molar refractivity (Wildman–Crippen MR) is 82.3 cm³/mol. The van der Waals surface area contributed by atoms with Gasteiger partial charge in [0.1, 0.15) is 6.04 Å². The van der Waals surface area contributed by atoms with Crippen molar-refractivity contribution in [2.45, 2.75) is 38.4 Å². The Hall–Kier alpha value is -2.05. The minimum Gasteiger partial charge on any atom is -0.329 e. The summed E-state index contributed by atoms with van der Waals surface area (Å²) in [5, 5.41) is 0. The van der Waals surface area contributed by atoms with Crippen LogP contribution in [0.1, 0.15) is 31.7 Å². The van der Waals surface area contributed by atoms with Gasteiger partial charge in [0.05, 0.1) is 5.56 Å². The van der Waals surface area contributed by atoms with E-state index in [1.54, 1.807) is 11.8 Å². The molecule has 1 aromatic carbocycles. The molecule has 0 N–H and O–H groups in total. The third-order valence-corrected chi connectivity index (χ3v) is 4.88.